The number of aromatic amines is 1. The number of carbonyl (C=O) groups excluding carboxylic acids is 1. The van der Waals surface area contributed by atoms with E-state index in [0.29, 0.717) is 24.0 Å². The van der Waals surface area contributed by atoms with Crippen LogP contribution in [-0.4, -0.2) is 31.9 Å². The van der Waals surface area contributed by atoms with Gasteiger partial charge in [0.05, 0.1) is 11.3 Å². The number of benzene rings is 1. The van der Waals surface area contributed by atoms with E-state index in [1.54, 1.807) is 12.4 Å². The van der Waals surface area contributed by atoms with Gasteiger partial charge in [-0.1, -0.05) is 18.2 Å². The van der Waals surface area contributed by atoms with Gasteiger partial charge in [0.15, 0.2) is 0 Å². The number of carbonyl (C=O) groups is 1. The highest BCUT2D eigenvalue weighted by Gasteiger charge is 2.32. The Morgan fingerprint density at radius 3 is 2.86 bits per heavy atom. The van der Waals surface area contributed by atoms with Gasteiger partial charge in [0, 0.05) is 36.4 Å². The van der Waals surface area contributed by atoms with Gasteiger partial charge >= 0.3 is 0 Å². The minimum Gasteiger partial charge on any atom is -0.489 e. The summed E-state index contributed by atoms with van der Waals surface area (Å²) in [5.74, 6) is 1.25. The molecule has 5 N–H and O–H groups in total. The summed E-state index contributed by atoms with van der Waals surface area (Å²) in [6, 6.07) is 13.2. The number of pyridine rings is 1. The molecule has 1 amide bonds. The van der Waals surface area contributed by atoms with Crippen LogP contribution in [-0.2, 0) is 11.4 Å². The molecule has 3 heterocycles. The van der Waals surface area contributed by atoms with Crippen molar-refractivity contribution < 1.29 is 9.53 Å². The van der Waals surface area contributed by atoms with Crippen LogP contribution >= 0.6 is 0 Å². The van der Waals surface area contributed by atoms with Crippen LogP contribution in [0.15, 0.2) is 73.2 Å². The van der Waals surface area contributed by atoms with Crippen LogP contribution in [0.3, 0.4) is 0 Å². The molecule has 0 spiro atoms. The van der Waals surface area contributed by atoms with Gasteiger partial charge in [-0.3, -0.25) is 9.78 Å². The Labute approximate surface area is 209 Å². The van der Waals surface area contributed by atoms with Crippen LogP contribution in [0.2, 0.25) is 0 Å². The second-order valence-corrected chi connectivity index (χ2v) is 8.96. The molecule has 9 nitrogen and oxygen atoms in total. The molecule has 1 aliphatic rings. The first-order valence-electron chi connectivity index (χ1n) is 12.0. The molecule has 3 atom stereocenters. The van der Waals surface area contributed by atoms with Crippen molar-refractivity contribution in [3.05, 3.63) is 78.8 Å². The highest BCUT2D eigenvalue weighted by Crippen LogP contribution is 2.31. The molecule has 3 aromatic heterocycles. The van der Waals surface area contributed by atoms with E-state index in [1.165, 1.54) is 0 Å². The van der Waals surface area contributed by atoms with E-state index in [4.69, 9.17) is 15.5 Å². The summed E-state index contributed by atoms with van der Waals surface area (Å²) in [6.45, 7) is 2.42. The van der Waals surface area contributed by atoms with Gasteiger partial charge in [0.1, 0.15) is 23.8 Å². The fraction of sp³-hybridized carbons (Fsp3) is 0.259. The quantitative estimate of drug-likeness (QED) is 0.244. The third kappa shape index (κ3) is 5.30. The van der Waals surface area contributed by atoms with Gasteiger partial charge in [-0.05, 0) is 61.6 Å². The number of allylic oxidation sites excluding steroid dienone is 2. The summed E-state index contributed by atoms with van der Waals surface area (Å²) in [7, 11) is 0. The summed E-state index contributed by atoms with van der Waals surface area (Å²) in [6.07, 6.45) is 11.4. The molecular formula is C27H29N7O2. The first kappa shape index (κ1) is 23.3. The molecule has 0 saturated carbocycles. The third-order valence-corrected chi connectivity index (χ3v) is 6.40. The van der Waals surface area contributed by atoms with Crippen LogP contribution in [0.25, 0.3) is 11.0 Å². The maximum Gasteiger partial charge on any atom is 0.231 e. The maximum absolute atomic E-state index is 12.3. The molecule has 0 saturated heterocycles. The van der Waals surface area contributed by atoms with Gasteiger partial charge in [-0.2, -0.15) is 9.97 Å². The predicted molar refractivity (Wildman–Crippen MR) is 140 cm³/mol. The molecule has 0 fully saturated rings. The standard InChI is InChI=1S/C27H29N7O2/c1-17(23(24(28)35)19-5-2-3-6-19)31-26-22-11-14-30-25(22)33-27(34-26)32-20-7-4-8-21(15-20)36-16-18-9-12-29-13-10-18/h2,4-5,7-15,17,19,23H,3,6,16H2,1H3,(H2,28,35)(H3,30,31,32,33,34)/t17?,19-,23?/m1/s1. The summed E-state index contributed by atoms with van der Waals surface area (Å²) >= 11 is 0. The number of hydrogen-bond donors (Lipinski definition) is 4. The van der Waals surface area contributed by atoms with Crippen LogP contribution < -0.4 is 21.1 Å². The minimum atomic E-state index is -0.335. The molecule has 2 unspecified atom stereocenters. The molecule has 0 aliphatic heterocycles. The molecule has 184 valence electrons. The van der Waals surface area contributed by atoms with Crippen molar-refractivity contribution in [1.82, 2.24) is 19.9 Å². The first-order chi connectivity index (χ1) is 17.6. The number of hydrogen-bond acceptors (Lipinski definition) is 7. The number of anilines is 3. The van der Waals surface area contributed by atoms with Crippen molar-refractivity contribution in [2.75, 3.05) is 10.6 Å². The highest BCUT2D eigenvalue weighted by molar-refractivity contribution is 5.89. The maximum atomic E-state index is 12.3. The molecule has 1 aliphatic carbocycles. The van der Waals surface area contributed by atoms with E-state index < -0.39 is 0 Å². The number of nitrogens with zero attached hydrogens (tertiary/aromatic N) is 3. The average molecular weight is 484 g/mol. The Hall–Kier alpha value is -4.40. The SMILES string of the molecule is CC(Nc1nc(Nc2cccc(OCc3ccncc3)c2)nc2[nH]ccc12)C(C(N)=O)[C@@H]1C=CCC1. The summed E-state index contributed by atoms with van der Waals surface area (Å²) in [5.41, 5.74) is 8.30. The normalized spacial score (nSPS) is 16.5. The van der Waals surface area contributed by atoms with Crippen molar-refractivity contribution in [1.29, 1.82) is 0 Å². The molecule has 1 aromatic carbocycles. The Bertz CT molecular complexity index is 1370. The molecular weight excluding hydrogens is 454 g/mol. The Morgan fingerprint density at radius 2 is 2.08 bits per heavy atom. The zero-order chi connectivity index (χ0) is 24.9. The summed E-state index contributed by atoms with van der Waals surface area (Å²) < 4.78 is 5.93. The number of aromatic nitrogens is 4. The number of rotatable bonds is 10. The second-order valence-electron chi connectivity index (χ2n) is 8.96. The van der Waals surface area contributed by atoms with E-state index in [0.717, 1.165) is 35.2 Å². The van der Waals surface area contributed by atoms with E-state index in [1.807, 2.05) is 55.6 Å². The van der Waals surface area contributed by atoms with Crippen LogP contribution in [0.5, 0.6) is 5.75 Å². The lowest BCUT2D eigenvalue weighted by molar-refractivity contribution is -0.123. The van der Waals surface area contributed by atoms with Crippen LogP contribution in [0, 0.1) is 11.8 Å². The summed E-state index contributed by atoms with van der Waals surface area (Å²) in [4.78, 5) is 28.8. The van der Waals surface area contributed by atoms with Crippen LogP contribution in [0.4, 0.5) is 17.5 Å². The lowest BCUT2D eigenvalue weighted by atomic mass is 9.85. The van der Waals surface area contributed by atoms with Gasteiger partial charge in [0.2, 0.25) is 11.9 Å². The van der Waals surface area contributed by atoms with Gasteiger partial charge < -0.3 is 26.1 Å². The smallest absolute Gasteiger partial charge is 0.231 e. The van der Waals surface area contributed by atoms with E-state index >= 15 is 0 Å². The zero-order valence-corrected chi connectivity index (χ0v) is 20.0. The molecule has 0 radical (unpaired) electrons. The largest absolute Gasteiger partial charge is 0.489 e. The first-order valence-corrected chi connectivity index (χ1v) is 12.0. The third-order valence-electron chi connectivity index (χ3n) is 6.40. The van der Waals surface area contributed by atoms with Crippen molar-refractivity contribution in [2.45, 2.75) is 32.4 Å². The molecule has 5 rings (SSSR count). The van der Waals surface area contributed by atoms with Crippen molar-refractivity contribution in [3.8, 4) is 5.75 Å². The summed E-state index contributed by atoms with van der Waals surface area (Å²) in [5, 5.41) is 7.54. The van der Waals surface area contributed by atoms with Crippen molar-refractivity contribution >= 4 is 34.4 Å². The number of nitrogens with two attached hydrogens (primary N) is 1. The lowest BCUT2D eigenvalue weighted by Gasteiger charge is -2.27. The zero-order valence-electron chi connectivity index (χ0n) is 20.0. The van der Waals surface area contributed by atoms with Crippen molar-refractivity contribution in [2.24, 2.45) is 17.6 Å². The number of primary amides is 1. The Kier molecular flexibility index (Phi) is 6.79. The molecule has 9 heteroatoms. The van der Waals surface area contributed by atoms with Gasteiger partial charge in [-0.15, -0.1) is 0 Å². The van der Waals surface area contributed by atoms with E-state index in [2.05, 4.69) is 37.7 Å². The number of fused-ring (bicyclic) bond motifs is 1. The van der Waals surface area contributed by atoms with Gasteiger partial charge in [0.25, 0.3) is 0 Å². The van der Waals surface area contributed by atoms with Gasteiger partial charge in [-0.25, -0.2) is 0 Å². The fourth-order valence-electron chi connectivity index (χ4n) is 4.63. The molecule has 36 heavy (non-hydrogen) atoms. The highest BCUT2D eigenvalue weighted by atomic mass is 16.5. The van der Waals surface area contributed by atoms with Crippen LogP contribution in [0.1, 0.15) is 25.3 Å². The number of ether oxygens (including phenoxy) is 1. The minimum absolute atomic E-state index is 0.126. The predicted octanol–water partition coefficient (Wildman–Crippen LogP) is 4.54. The van der Waals surface area contributed by atoms with E-state index in [-0.39, 0.29) is 23.8 Å². The monoisotopic (exact) mass is 483 g/mol. The number of H-pyrrole nitrogens is 1. The number of nitrogens with one attached hydrogen (secondary N) is 3. The van der Waals surface area contributed by atoms with Crippen molar-refractivity contribution in [3.63, 3.8) is 0 Å². The van der Waals surface area contributed by atoms with E-state index in [9.17, 15) is 4.79 Å². The molecule has 0 bridgehead atoms. The Morgan fingerprint density at radius 1 is 1.22 bits per heavy atom. The fourth-order valence-corrected chi connectivity index (χ4v) is 4.63. The lowest BCUT2D eigenvalue weighted by Crippen LogP contribution is -2.40. The molecule has 4 aromatic rings. The average Bonchev–Trinajstić information content (AvgIpc) is 3.56. The topological polar surface area (TPSA) is 131 Å². The second kappa shape index (κ2) is 10.5. The number of amides is 1. The Balaban J connectivity index is 1.34.